The largest absolute Gasteiger partial charge is 0.449 e. The maximum atomic E-state index is 13.5. The molecule has 1 heterocycles. The molecule has 116 valence electrons. The average molecular weight is 302 g/mol. The monoisotopic (exact) mass is 302 g/mol. The summed E-state index contributed by atoms with van der Waals surface area (Å²) in [6.07, 6.45) is -0.0809. The van der Waals surface area contributed by atoms with Crippen LogP contribution in [0.5, 0.6) is 0 Å². The highest BCUT2D eigenvalue weighted by atomic mass is 19.1. The van der Waals surface area contributed by atoms with Crippen LogP contribution in [0.2, 0.25) is 0 Å². The molecule has 0 radical (unpaired) electrons. The second kappa shape index (κ2) is 7.36. The minimum absolute atomic E-state index is 0.0303. The molecule has 0 saturated heterocycles. The molecular weight excluding hydrogens is 287 g/mol. The smallest absolute Gasteiger partial charge is 0.422 e. The van der Waals surface area contributed by atoms with E-state index in [0.717, 1.165) is 0 Å². The number of hydrogen-bond donors (Lipinski definition) is 0. The summed E-state index contributed by atoms with van der Waals surface area (Å²) >= 11 is 0. The fraction of sp³-hybridized carbons (Fsp3) is 0.500. The summed E-state index contributed by atoms with van der Waals surface area (Å²) in [6, 6.07) is 0. The lowest BCUT2D eigenvalue weighted by Crippen LogP contribution is -2.44. The number of carbonyl (C=O) groups excluding carboxylic acids is 2. The number of esters is 1. The van der Waals surface area contributed by atoms with Crippen molar-refractivity contribution in [1.82, 2.24) is 9.13 Å². The molecule has 0 spiro atoms. The fourth-order valence-corrected chi connectivity index (χ4v) is 1.42. The van der Waals surface area contributed by atoms with Crippen molar-refractivity contribution in [2.75, 3.05) is 6.61 Å². The molecule has 0 atom stereocenters. The van der Waals surface area contributed by atoms with Gasteiger partial charge in [0.1, 0.15) is 0 Å². The van der Waals surface area contributed by atoms with E-state index in [4.69, 9.17) is 0 Å². The van der Waals surface area contributed by atoms with Crippen molar-refractivity contribution in [3.63, 3.8) is 0 Å². The van der Waals surface area contributed by atoms with Crippen molar-refractivity contribution in [2.24, 2.45) is 0 Å². The van der Waals surface area contributed by atoms with Gasteiger partial charge >= 0.3 is 17.8 Å². The molecule has 0 aliphatic rings. The maximum Gasteiger partial charge on any atom is 0.422 e. The number of ether oxygens (including phenoxy) is 2. The van der Waals surface area contributed by atoms with Crippen molar-refractivity contribution in [2.45, 2.75) is 33.4 Å². The molecular formula is C12H15FN2O6. The Bertz CT molecular complexity index is 648. The van der Waals surface area contributed by atoms with Crippen LogP contribution in [0.3, 0.4) is 0 Å². The lowest BCUT2D eigenvalue weighted by Gasteiger charge is -2.09. The van der Waals surface area contributed by atoms with Crippen LogP contribution < -0.4 is 11.2 Å². The topological polar surface area (TPSA) is 96.6 Å². The Morgan fingerprint density at radius 3 is 2.48 bits per heavy atom. The van der Waals surface area contributed by atoms with Gasteiger partial charge in [-0.05, 0) is 13.3 Å². The summed E-state index contributed by atoms with van der Waals surface area (Å²) in [6.45, 7) is 2.44. The van der Waals surface area contributed by atoms with Crippen molar-refractivity contribution >= 4 is 12.1 Å². The maximum absolute atomic E-state index is 13.5. The third kappa shape index (κ3) is 4.01. The summed E-state index contributed by atoms with van der Waals surface area (Å²) in [4.78, 5) is 46.1. The number of hydrogen-bond acceptors (Lipinski definition) is 6. The quantitative estimate of drug-likeness (QED) is 0.733. The first-order valence-electron chi connectivity index (χ1n) is 6.27. The molecule has 21 heavy (non-hydrogen) atoms. The van der Waals surface area contributed by atoms with E-state index in [-0.39, 0.29) is 13.0 Å². The molecule has 0 unspecified atom stereocenters. The van der Waals surface area contributed by atoms with Crippen LogP contribution in [0.25, 0.3) is 0 Å². The summed E-state index contributed by atoms with van der Waals surface area (Å²) in [5.41, 5.74) is -2.44. The van der Waals surface area contributed by atoms with Gasteiger partial charge < -0.3 is 9.47 Å². The number of carbonyl (C=O) groups is 2. The van der Waals surface area contributed by atoms with Gasteiger partial charge in [0, 0.05) is 6.42 Å². The molecule has 9 heteroatoms. The van der Waals surface area contributed by atoms with E-state index >= 15 is 0 Å². The van der Waals surface area contributed by atoms with Crippen LogP contribution in [0.1, 0.15) is 26.7 Å². The molecule has 1 aromatic rings. The zero-order valence-electron chi connectivity index (χ0n) is 11.6. The number of rotatable bonds is 5. The standard InChI is InChI=1S/C12H15FN2O6/c1-3-5-9(16)21-7-15-10(17)8(13)6-14(11(15)18)12(19)20-4-2/h6H,3-5,7H2,1-2H3. The summed E-state index contributed by atoms with van der Waals surface area (Å²) < 4.78 is 23.3. The van der Waals surface area contributed by atoms with E-state index in [0.29, 0.717) is 21.8 Å². The summed E-state index contributed by atoms with van der Waals surface area (Å²) in [7, 11) is 0. The van der Waals surface area contributed by atoms with E-state index in [1.165, 1.54) is 6.92 Å². The minimum Gasteiger partial charge on any atom is -0.449 e. The molecule has 1 rings (SSSR count). The van der Waals surface area contributed by atoms with Crippen molar-refractivity contribution in [1.29, 1.82) is 0 Å². The Morgan fingerprint density at radius 1 is 1.24 bits per heavy atom. The van der Waals surface area contributed by atoms with Crippen LogP contribution >= 0.6 is 0 Å². The average Bonchev–Trinajstić information content (AvgIpc) is 2.43. The van der Waals surface area contributed by atoms with Crippen LogP contribution in [0.4, 0.5) is 9.18 Å². The fourth-order valence-electron chi connectivity index (χ4n) is 1.42. The number of aromatic nitrogens is 2. The Hall–Kier alpha value is -2.45. The van der Waals surface area contributed by atoms with E-state index in [9.17, 15) is 23.6 Å². The van der Waals surface area contributed by atoms with E-state index in [1.54, 1.807) is 6.92 Å². The predicted octanol–water partition coefficient (Wildman–Crippen LogP) is 0.455. The lowest BCUT2D eigenvalue weighted by atomic mass is 10.3. The van der Waals surface area contributed by atoms with Crippen molar-refractivity contribution in [3.05, 3.63) is 32.9 Å². The Balaban J connectivity index is 3.14. The molecule has 1 aromatic heterocycles. The highest BCUT2D eigenvalue weighted by Crippen LogP contribution is 1.94. The number of nitrogens with zero attached hydrogens (tertiary/aromatic N) is 2. The highest BCUT2D eigenvalue weighted by molar-refractivity contribution is 5.70. The van der Waals surface area contributed by atoms with Gasteiger partial charge in [0.05, 0.1) is 12.8 Å². The van der Waals surface area contributed by atoms with Gasteiger partial charge in [-0.25, -0.2) is 18.7 Å². The minimum atomic E-state index is -1.34. The molecule has 0 aromatic carbocycles. The lowest BCUT2D eigenvalue weighted by molar-refractivity contribution is -0.147. The third-order valence-electron chi connectivity index (χ3n) is 2.40. The van der Waals surface area contributed by atoms with E-state index in [2.05, 4.69) is 9.47 Å². The second-order valence-electron chi connectivity index (χ2n) is 3.96. The summed E-state index contributed by atoms with van der Waals surface area (Å²) in [5.74, 6) is -1.98. The molecule has 0 N–H and O–H groups in total. The van der Waals surface area contributed by atoms with Crippen LogP contribution in [-0.4, -0.2) is 27.8 Å². The van der Waals surface area contributed by atoms with E-state index < -0.39 is 35.9 Å². The molecule has 8 nitrogen and oxygen atoms in total. The van der Waals surface area contributed by atoms with Crippen LogP contribution in [0, 0.1) is 5.82 Å². The first-order valence-corrected chi connectivity index (χ1v) is 6.27. The van der Waals surface area contributed by atoms with Gasteiger partial charge in [0.15, 0.2) is 6.73 Å². The Kier molecular flexibility index (Phi) is 5.82. The summed E-state index contributed by atoms with van der Waals surface area (Å²) in [5, 5.41) is 0. The second-order valence-corrected chi connectivity index (χ2v) is 3.96. The van der Waals surface area contributed by atoms with Gasteiger partial charge in [-0.1, -0.05) is 6.92 Å². The van der Waals surface area contributed by atoms with Crippen LogP contribution in [-0.2, 0) is 21.0 Å². The zero-order valence-corrected chi connectivity index (χ0v) is 11.6. The first kappa shape index (κ1) is 16.6. The van der Waals surface area contributed by atoms with Gasteiger partial charge in [0.2, 0.25) is 5.82 Å². The third-order valence-corrected chi connectivity index (χ3v) is 2.40. The Morgan fingerprint density at radius 2 is 1.90 bits per heavy atom. The SMILES string of the molecule is CCCC(=O)OCn1c(=O)c(F)cn(C(=O)OCC)c1=O. The van der Waals surface area contributed by atoms with E-state index in [1.807, 2.05) is 0 Å². The normalized spacial score (nSPS) is 10.2. The molecule has 0 saturated carbocycles. The van der Waals surface area contributed by atoms with Gasteiger partial charge in [-0.2, -0.15) is 4.39 Å². The number of halogens is 1. The van der Waals surface area contributed by atoms with Gasteiger partial charge in [0.25, 0.3) is 5.56 Å². The molecule has 0 bridgehead atoms. The van der Waals surface area contributed by atoms with Gasteiger partial charge in [-0.15, -0.1) is 0 Å². The van der Waals surface area contributed by atoms with Crippen molar-refractivity contribution < 1.29 is 23.5 Å². The predicted molar refractivity (Wildman–Crippen MR) is 68.3 cm³/mol. The Labute approximate surface area is 118 Å². The van der Waals surface area contributed by atoms with Gasteiger partial charge in [-0.3, -0.25) is 9.59 Å². The first-order chi connectivity index (χ1) is 9.92. The van der Waals surface area contributed by atoms with Crippen LogP contribution in [0.15, 0.2) is 15.8 Å². The van der Waals surface area contributed by atoms with Crippen molar-refractivity contribution in [3.8, 4) is 0 Å². The molecule has 0 aliphatic carbocycles. The highest BCUT2D eigenvalue weighted by Gasteiger charge is 2.17. The molecule has 0 aliphatic heterocycles. The molecule has 0 fully saturated rings. The molecule has 0 amide bonds. The zero-order chi connectivity index (χ0) is 16.0.